The van der Waals surface area contributed by atoms with Crippen LogP contribution < -0.4 is 5.32 Å². The van der Waals surface area contributed by atoms with E-state index in [2.05, 4.69) is 5.32 Å². The molecule has 3 aliphatic rings. The van der Waals surface area contributed by atoms with Gasteiger partial charge in [-0.15, -0.1) is 0 Å². The third-order valence-corrected chi connectivity index (χ3v) is 4.46. The van der Waals surface area contributed by atoms with Crippen LogP contribution in [-0.2, 0) is 23.9 Å². The van der Waals surface area contributed by atoms with Crippen LogP contribution in [0, 0.1) is 5.92 Å². The number of ketones is 1. The minimum Gasteiger partial charge on any atom is -0.468 e. The molecule has 3 aliphatic heterocycles. The van der Waals surface area contributed by atoms with Gasteiger partial charge < -0.3 is 19.7 Å². The molecule has 0 saturated carbocycles. The first-order valence-electron chi connectivity index (χ1n) is 7.44. The van der Waals surface area contributed by atoms with Gasteiger partial charge in [-0.05, 0) is 19.1 Å². The maximum atomic E-state index is 12.8. The average Bonchev–Trinajstić information content (AvgIpc) is 3.08. The van der Waals surface area contributed by atoms with Crippen LogP contribution in [0.15, 0.2) is 36.2 Å². The predicted molar refractivity (Wildman–Crippen MR) is 79.9 cm³/mol. The molecule has 0 aliphatic carbocycles. The van der Waals surface area contributed by atoms with Crippen LogP contribution in [-0.4, -0.2) is 54.5 Å². The first-order chi connectivity index (χ1) is 11.1. The zero-order chi connectivity index (χ0) is 16.6. The molecule has 1 saturated heterocycles. The molecule has 3 heterocycles. The van der Waals surface area contributed by atoms with Crippen molar-refractivity contribution in [3.05, 3.63) is 36.2 Å². The lowest BCUT2D eigenvalue weighted by Crippen LogP contribution is -2.57. The topological polar surface area (TPSA) is 84.9 Å². The summed E-state index contributed by atoms with van der Waals surface area (Å²) in [7, 11) is 1.25. The third kappa shape index (κ3) is 2.11. The summed E-state index contributed by atoms with van der Waals surface area (Å²) in [5.41, 5.74) is -0.499. The summed E-state index contributed by atoms with van der Waals surface area (Å²) in [4.78, 5) is 39.1. The molecule has 0 aromatic rings. The number of carbonyl (C=O) groups is 3. The molecular formula is C16H18N2O5. The summed E-state index contributed by atoms with van der Waals surface area (Å²) in [5.74, 6) is -2.37. The molecule has 3 rings (SSSR count). The quantitative estimate of drug-likeness (QED) is 0.727. The Morgan fingerprint density at radius 1 is 1.39 bits per heavy atom. The number of methoxy groups -OCH3 is 1. The fourth-order valence-electron chi connectivity index (χ4n) is 3.47. The highest BCUT2D eigenvalue weighted by atomic mass is 16.5. The molecule has 0 aromatic carbocycles. The van der Waals surface area contributed by atoms with Gasteiger partial charge in [0.05, 0.1) is 13.7 Å². The zero-order valence-electron chi connectivity index (χ0n) is 12.9. The van der Waals surface area contributed by atoms with Gasteiger partial charge in [0, 0.05) is 24.5 Å². The van der Waals surface area contributed by atoms with E-state index in [1.165, 1.54) is 13.2 Å². The Balaban J connectivity index is 2.05. The number of nitrogens with zero attached hydrogens (tertiary/aromatic N) is 1. The SMILES string of the molecule is CCOC(=O)[C@H]1[C@H](C(=O)OC)NC[C@]12C(=O)C=C1C=CC=CN12. The van der Waals surface area contributed by atoms with Crippen molar-refractivity contribution in [2.24, 2.45) is 5.92 Å². The monoisotopic (exact) mass is 318 g/mol. The Bertz CT molecular complexity index is 651. The first-order valence-corrected chi connectivity index (χ1v) is 7.44. The summed E-state index contributed by atoms with van der Waals surface area (Å²) >= 11 is 0. The summed E-state index contributed by atoms with van der Waals surface area (Å²) in [6, 6.07) is -0.921. The molecule has 0 radical (unpaired) electrons. The van der Waals surface area contributed by atoms with Crippen LogP contribution >= 0.6 is 0 Å². The highest BCUT2D eigenvalue weighted by molar-refractivity contribution is 6.07. The number of fused-ring (bicyclic) bond motifs is 2. The Morgan fingerprint density at radius 2 is 2.17 bits per heavy atom. The standard InChI is InChI=1S/C16H18N2O5/c1-3-23-14(20)12-13(15(21)22-2)17-9-16(12)11(19)8-10-6-4-5-7-18(10)16/h4-8,12-13,17H,3,9H2,1-2H3/t12-,13-,16+/m1/s1. The molecule has 0 unspecified atom stereocenters. The molecule has 3 atom stereocenters. The predicted octanol–water partition coefficient (Wildman–Crippen LogP) is -0.0986. The van der Waals surface area contributed by atoms with Crippen LogP contribution in [0.4, 0.5) is 0 Å². The average molecular weight is 318 g/mol. The van der Waals surface area contributed by atoms with E-state index >= 15 is 0 Å². The summed E-state index contributed by atoms with van der Waals surface area (Å²) in [5, 5.41) is 2.96. The molecule has 1 N–H and O–H groups in total. The molecule has 0 bridgehead atoms. The third-order valence-electron chi connectivity index (χ3n) is 4.46. The van der Waals surface area contributed by atoms with Crippen molar-refractivity contribution in [2.45, 2.75) is 18.5 Å². The lowest BCUT2D eigenvalue weighted by molar-refractivity contribution is -0.159. The van der Waals surface area contributed by atoms with Crippen molar-refractivity contribution in [3.8, 4) is 0 Å². The highest BCUT2D eigenvalue weighted by Gasteiger charge is 2.64. The van der Waals surface area contributed by atoms with Crippen molar-refractivity contribution in [1.82, 2.24) is 10.2 Å². The van der Waals surface area contributed by atoms with Crippen LogP contribution in [0.3, 0.4) is 0 Å². The molecule has 0 amide bonds. The Kier molecular flexibility index (Phi) is 3.81. The van der Waals surface area contributed by atoms with Gasteiger partial charge >= 0.3 is 11.9 Å². The number of esters is 2. The van der Waals surface area contributed by atoms with Crippen molar-refractivity contribution >= 4 is 17.7 Å². The Labute approximate surface area is 133 Å². The number of nitrogens with one attached hydrogen (secondary N) is 1. The van der Waals surface area contributed by atoms with E-state index in [1.54, 1.807) is 30.2 Å². The molecular weight excluding hydrogens is 300 g/mol. The summed E-state index contributed by atoms with van der Waals surface area (Å²) in [6.07, 6.45) is 8.62. The minimum atomic E-state index is -1.19. The second-order valence-electron chi connectivity index (χ2n) is 5.54. The van der Waals surface area contributed by atoms with Crippen LogP contribution in [0.1, 0.15) is 6.92 Å². The molecule has 23 heavy (non-hydrogen) atoms. The van der Waals surface area contributed by atoms with Crippen molar-refractivity contribution in [1.29, 1.82) is 0 Å². The van der Waals surface area contributed by atoms with Crippen molar-refractivity contribution in [3.63, 3.8) is 0 Å². The summed E-state index contributed by atoms with van der Waals surface area (Å²) in [6.45, 7) is 2.01. The van der Waals surface area contributed by atoms with Crippen LogP contribution in [0.2, 0.25) is 0 Å². The fraction of sp³-hybridized carbons (Fsp3) is 0.438. The van der Waals surface area contributed by atoms with Gasteiger partial charge in [0.25, 0.3) is 0 Å². The van der Waals surface area contributed by atoms with E-state index in [0.717, 1.165) is 0 Å². The number of hydrogen-bond acceptors (Lipinski definition) is 7. The largest absolute Gasteiger partial charge is 0.468 e. The number of ether oxygens (including phenoxy) is 2. The molecule has 1 fully saturated rings. The van der Waals surface area contributed by atoms with E-state index in [-0.39, 0.29) is 18.9 Å². The first kappa shape index (κ1) is 15.5. The van der Waals surface area contributed by atoms with E-state index < -0.39 is 29.4 Å². The van der Waals surface area contributed by atoms with Crippen molar-refractivity contribution < 1.29 is 23.9 Å². The van der Waals surface area contributed by atoms with Gasteiger partial charge in [-0.25, -0.2) is 0 Å². The number of allylic oxidation sites excluding steroid dienone is 3. The molecule has 122 valence electrons. The lowest BCUT2D eigenvalue weighted by atomic mass is 9.80. The van der Waals surface area contributed by atoms with Gasteiger partial charge in [-0.3, -0.25) is 14.4 Å². The van der Waals surface area contributed by atoms with Gasteiger partial charge in [0.15, 0.2) is 5.78 Å². The second kappa shape index (κ2) is 5.66. The molecule has 1 spiro atoms. The number of carbonyl (C=O) groups excluding carboxylic acids is 3. The fourth-order valence-corrected chi connectivity index (χ4v) is 3.47. The normalized spacial score (nSPS) is 31.3. The van der Waals surface area contributed by atoms with Crippen molar-refractivity contribution in [2.75, 3.05) is 20.3 Å². The van der Waals surface area contributed by atoms with Gasteiger partial charge in [-0.2, -0.15) is 0 Å². The Hall–Kier alpha value is -2.41. The second-order valence-corrected chi connectivity index (χ2v) is 5.54. The molecule has 7 nitrogen and oxygen atoms in total. The Morgan fingerprint density at radius 3 is 2.87 bits per heavy atom. The van der Waals surface area contributed by atoms with E-state index in [1.807, 2.05) is 6.08 Å². The van der Waals surface area contributed by atoms with E-state index in [9.17, 15) is 14.4 Å². The molecule has 0 aromatic heterocycles. The van der Waals surface area contributed by atoms with Gasteiger partial charge in [-0.1, -0.05) is 6.08 Å². The van der Waals surface area contributed by atoms with Crippen LogP contribution in [0.25, 0.3) is 0 Å². The lowest BCUT2D eigenvalue weighted by Gasteiger charge is -2.38. The van der Waals surface area contributed by atoms with Gasteiger partial charge in [0.1, 0.15) is 17.5 Å². The molecule has 7 heteroatoms. The van der Waals surface area contributed by atoms with Gasteiger partial charge in [0.2, 0.25) is 0 Å². The number of rotatable bonds is 3. The van der Waals surface area contributed by atoms with E-state index in [0.29, 0.717) is 5.70 Å². The summed E-state index contributed by atoms with van der Waals surface area (Å²) < 4.78 is 9.91. The smallest absolute Gasteiger partial charge is 0.323 e. The highest BCUT2D eigenvalue weighted by Crippen LogP contribution is 2.43. The zero-order valence-corrected chi connectivity index (χ0v) is 12.9. The van der Waals surface area contributed by atoms with E-state index in [4.69, 9.17) is 9.47 Å². The number of hydrogen-bond donors (Lipinski definition) is 1. The minimum absolute atomic E-state index is 0.160. The maximum absolute atomic E-state index is 12.8. The maximum Gasteiger partial charge on any atom is 0.323 e. The van der Waals surface area contributed by atoms with Crippen LogP contribution in [0.5, 0.6) is 0 Å².